The molecule has 1 aliphatic rings. The van der Waals surface area contributed by atoms with Crippen LogP contribution in [-0.4, -0.2) is 51.0 Å². The smallest absolute Gasteiger partial charge is 0.223 e. The number of nitrogen functional groups attached to an aromatic ring is 1. The molecular weight excluding hydrogens is 400 g/mol. The molecule has 148 valence electrons. The van der Waals surface area contributed by atoms with E-state index in [4.69, 9.17) is 17.3 Å². The number of rotatable bonds is 5. The Morgan fingerprint density at radius 2 is 2.11 bits per heavy atom. The predicted octanol–water partition coefficient (Wildman–Crippen LogP) is 2.57. The molecule has 0 aliphatic heterocycles. The molecule has 0 amide bonds. The Bertz CT molecular complexity index is 1010. The summed E-state index contributed by atoms with van der Waals surface area (Å²) in [5.41, 5.74) is 8.20. The number of aliphatic hydroxyl groups excluding tert-OH is 2. The van der Waals surface area contributed by atoms with E-state index in [-0.39, 0.29) is 29.7 Å². The highest BCUT2D eigenvalue weighted by Crippen LogP contribution is 2.40. The number of thiazole rings is 1. The highest BCUT2D eigenvalue weighted by molar-refractivity contribution is 7.21. The van der Waals surface area contributed by atoms with Crippen LogP contribution < -0.4 is 16.4 Å². The molecule has 0 radical (unpaired) electrons. The third kappa shape index (κ3) is 3.58. The summed E-state index contributed by atoms with van der Waals surface area (Å²) in [4.78, 5) is 13.1. The van der Waals surface area contributed by atoms with Gasteiger partial charge in [-0.15, -0.1) is 11.3 Å². The molecule has 2 aromatic heterocycles. The molecule has 1 aliphatic carbocycles. The van der Waals surface area contributed by atoms with Gasteiger partial charge in [0.1, 0.15) is 16.0 Å². The number of nitrogens with zero attached hydrogens (tertiary/aromatic N) is 3. The average Bonchev–Trinajstić information content (AvgIpc) is 3.23. The van der Waals surface area contributed by atoms with Gasteiger partial charge in [0, 0.05) is 19.3 Å². The van der Waals surface area contributed by atoms with E-state index in [1.54, 1.807) is 0 Å². The Balaban J connectivity index is 1.75. The number of anilines is 3. The lowest BCUT2D eigenvalue weighted by molar-refractivity contribution is 0.157. The summed E-state index contributed by atoms with van der Waals surface area (Å²) in [6.07, 6.45) is 0.573. The minimum atomic E-state index is -0.589. The van der Waals surface area contributed by atoms with Crippen molar-refractivity contribution in [3.05, 3.63) is 23.4 Å². The number of hydrogen-bond acceptors (Lipinski definition) is 9. The largest absolute Gasteiger partial charge is 0.396 e. The van der Waals surface area contributed by atoms with Gasteiger partial charge in [0.15, 0.2) is 0 Å². The Labute approximate surface area is 170 Å². The number of hydrogen-bond donors (Lipinski definition) is 5. The summed E-state index contributed by atoms with van der Waals surface area (Å²) in [5.74, 6) is 0.530. The Hall–Kier alpha value is -2.20. The van der Waals surface area contributed by atoms with Gasteiger partial charge in [-0.1, -0.05) is 11.6 Å². The summed E-state index contributed by atoms with van der Waals surface area (Å²) < 4.78 is 1.00. The van der Waals surface area contributed by atoms with Gasteiger partial charge < -0.3 is 26.6 Å². The van der Waals surface area contributed by atoms with E-state index in [0.717, 1.165) is 15.9 Å². The number of aromatic nitrogens is 3. The van der Waals surface area contributed by atoms with Crippen LogP contribution in [0.2, 0.25) is 5.15 Å². The van der Waals surface area contributed by atoms with Crippen molar-refractivity contribution < 1.29 is 10.2 Å². The molecule has 0 unspecified atom stereocenters. The van der Waals surface area contributed by atoms with Gasteiger partial charge in [-0.3, -0.25) is 0 Å². The van der Waals surface area contributed by atoms with Crippen molar-refractivity contribution in [1.29, 1.82) is 0 Å². The van der Waals surface area contributed by atoms with E-state index in [1.165, 1.54) is 11.3 Å². The minimum Gasteiger partial charge on any atom is -0.396 e. The second kappa shape index (κ2) is 7.67. The summed E-state index contributed by atoms with van der Waals surface area (Å²) in [6.45, 7) is 0.0421. The van der Waals surface area contributed by atoms with Crippen molar-refractivity contribution in [2.24, 2.45) is 5.92 Å². The molecule has 8 nitrogen and oxygen atoms in total. The van der Waals surface area contributed by atoms with E-state index in [0.29, 0.717) is 29.2 Å². The number of halogens is 1. The molecule has 3 atom stereocenters. The molecule has 0 spiro atoms. The first kappa shape index (κ1) is 19.1. The molecule has 1 fully saturated rings. The molecule has 6 N–H and O–H groups in total. The maximum Gasteiger partial charge on any atom is 0.223 e. The number of aliphatic hydroxyl groups is 2. The van der Waals surface area contributed by atoms with Crippen LogP contribution >= 0.6 is 22.9 Å². The second-order valence-electron chi connectivity index (χ2n) is 6.89. The highest BCUT2D eigenvalue weighted by Gasteiger charge is 2.33. The average molecular weight is 421 g/mol. The fraction of sp³-hybridized carbons (Fsp3) is 0.389. The van der Waals surface area contributed by atoms with E-state index >= 15 is 0 Å². The van der Waals surface area contributed by atoms with Crippen LogP contribution in [0.4, 0.5) is 17.5 Å². The fourth-order valence-electron chi connectivity index (χ4n) is 3.53. The van der Waals surface area contributed by atoms with Crippen molar-refractivity contribution in [2.45, 2.75) is 25.0 Å². The topological polar surface area (TPSA) is 129 Å². The summed E-state index contributed by atoms with van der Waals surface area (Å²) >= 11 is 7.89. The maximum absolute atomic E-state index is 10.3. The van der Waals surface area contributed by atoms with Gasteiger partial charge in [-0.05, 0) is 37.0 Å². The van der Waals surface area contributed by atoms with Gasteiger partial charge in [0.25, 0.3) is 0 Å². The summed E-state index contributed by atoms with van der Waals surface area (Å²) in [5, 5.41) is 26.9. The second-order valence-corrected chi connectivity index (χ2v) is 8.27. The molecule has 0 saturated heterocycles. The van der Waals surface area contributed by atoms with Crippen LogP contribution in [0, 0.1) is 5.92 Å². The predicted molar refractivity (Wildman–Crippen MR) is 113 cm³/mol. The van der Waals surface area contributed by atoms with Crippen LogP contribution in [0.1, 0.15) is 12.8 Å². The fourth-order valence-corrected chi connectivity index (χ4v) is 4.90. The molecule has 28 heavy (non-hydrogen) atoms. The van der Waals surface area contributed by atoms with Crippen LogP contribution in [0.3, 0.4) is 0 Å². The molecule has 4 rings (SSSR count). The Morgan fingerprint density at radius 1 is 1.29 bits per heavy atom. The van der Waals surface area contributed by atoms with E-state index in [9.17, 15) is 10.2 Å². The first-order valence-electron chi connectivity index (χ1n) is 8.95. The standard InChI is InChI=1S/C18H21ClN6O2S/c1-21-9-2-3-10-13(6-9)28-17(23-10)14-15(19)24-18(20)25-16(14)22-11-4-8(7-26)5-12(11)27/h2-3,6,8,11-12,21,26-27H,4-5,7H2,1H3,(H3,20,22,24,25)/t8-,11+,12+/m0/s1. The zero-order valence-electron chi connectivity index (χ0n) is 15.2. The van der Waals surface area contributed by atoms with Gasteiger partial charge in [0.2, 0.25) is 5.95 Å². The molecule has 0 bridgehead atoms. The summed E-state index contributed by atoms with van der Waals surface area (Å²) in [6, 6.07) is 5.65. The lowest BCUT2D eigenvalue weighted by Gasteiger charge is -2.19. The van der Waals surface area contributed by atoms with Crippen molar-refractivity contribution in [3.8, 4) is 10.6 Å². The van der Waals surface area contributed by atoms with Crippen molar-refractivity contribution in [2.75, 3.05) is 30.0 Å². The number of benzene rings is 1. The van der Waals surface area contributed by atoms with Crippen LogP contribution in [-0.2, 0) is 0 Å². The quantitative estimate of drug-likeness (QED) is 0.398. The molecule has 3 aromatic rings. The third-order valence-corrected chi connectivity index (χ3v) is 6.29. The lowest BCUT2D eigenvalue weighted by atomic mass is 10.1. The van der Waals surface area contributed by atoms with Crippen molar-refractivity contribution in [3.63, 3.8) is 0 Å². The Morgan fingerprint density at radius 3 is 2.82 bits per heavy atom. The molecule has 10 heteroatoms. The van der Waals surface area contributed by atoms with Gasteiger partial charge in [-0.2, -0.15) is 4.98 Å². The van der Waals surface area contributed by atoms with Crippen LogP contribution in [0.25, 0.3) is 20.8 Å². The highest BCUT2D eigenvalue weighted by atomic mass is 35.5. The Kier molecular flexibility index (Phi) is 5.24. The monoisotopic (exact) mass is 420 g/mol. The molecule has 1 saturated carbocycles. The van der Waals surface area contributed by atoms with Crippen molar-refractivity contribution >= 4 is 50.6 Å². The van der Waals surface area contributed by atoms with Gasteiger partial charge in [-0.25, -0.2) is 9.97 Å². The number of fused-ring (bicyclic) bond motifs is 1. The zero-order valence-corrected chi connectivity index (χ0v) is 16.8. The lowest BCUT2D eigenvalue weighted by Crippen LogP contribution is -2.29. The molecular formula is C18H21ClN6O2S. The third-order valence-electron chi connectivity index (χ3n) is 4.98. The minimum absolute atomic E-state index is 0.0421. The van der Waals surface area contributed by atoms with Gasteiger partial charge in [0.05, 0.1) is 27.9 Å². The number of nitrogens with two attached hydrogens (primary N) is 1. The first-order chi connectivity index (χ1) is 13.5. The maximum atomic E-state index is 10.3. The normalized spacial score (nSPS) is 21.9. The van der Waals surface area contributed by atoms with E-state index in [2.05, 4.69) is 25.6 Å². The number of nitrogens with one attached hydrogen (secondary N) is 2. The van der Waals surface area contributed by atoms with Crippen LogP contribution in [0.5, 0.6) is 0 Å². The van der Waals surface area contributed by atoms with Gasteiger partial charge >= 0.3 is 0 Å². The first-order valence-corrected chi connectivity index (χ1v) is 10.1. The molecule has 2 heterocycles. The van der Waals surface area contributed by atoms with E-state index < -0.39 is 6.10 Å². The zero-order chi connectivity index (χ0) is 19.8. The van der Waals surface area contributed by atoms with Crippen LogP contribution in [0.15, 0.2) is 18.2 Å². The summed E-state index contributed by atoms with van der Waals surface area (Å²) in [7, 11) is 1.86. The SMILES string of the molecule is CNc1ccc2nc(-c3c(Cl)nc(N)nc3N[C@@H]3C[C@H](CO)C[C@H]3O)sc2c1. The van der Waals surface area contributed by atoms with E-state index in [1.807, 2.05) is 25.2 Å². The van der Waals surface area contributed by atoms with Crippen molar-refractivity contribution in [1.82, 2.24) is 15.0 Å². The molecule has 1 aromatic carbocycles.